The van der Waals surface area contributed by atoms with Crippen LogP contribution in [0.4, 0.5) is 18.9 Å². The number of para-hydroxylation sites is 1. The zero-order chi connectivity index (χ0) is 19.1. The van der Waals surface area contributed by atoms with E-state index in [4.69, 9.17) is 0 Å². The fourth-order valence-electron chi connectivity index (χ4n) is 2.79. The van der Waals surface area contributed by atoms with E-state index < -0.39 is 17.4 Å². The van der Waals surface area contributed by atoms with Gasteiger partial charge >= 0.3 is 6.18 Å². The van der Waals surface area contributed by atoms with Crippen LogP contribution in [0.2, 0.25) is 0 Å². The first-order valence-corrected chi connectivity index (χ1v) is 7.55. The molecule has 3 rings (SSSR count). The number of hydrogen-bond donors (Lipinski definition) is 0. The standard InChI is InChI=1S/C18H13F3N4O/c1-24(2)15-12-8-9-14(18(19,20)21)23-16(12)25(17(26)13(15)10-22)11-6-4-3-5-7-11/h3-9H,1-2H3. The predicted octanol–water partition coefficient (Wildman–Crippen LogP) is 3.34. The quantitative estimate of drug-likeness (QED) is 0.705. The predicted molar refractivity (Wildman–Crippen MR) is 91.4 cm³/mol. The molecule has 0 unspecified atom stereocenters. The van der Waals surface area contributed by atoms with E-state index in [1.54, 1.807) is 44.4 Å². The van der Waals surface area contributed by atoms with E-state index in [9.17, 15) is 23.2 Å². The summed E-state index contributed by atoms with van der Waals surface area (Å²) in [5, 5.41) is 9.75. The van der Waals surface area contributed by atoms with Crippen LogP contribution in [-0.2, 0) is 6.18 Å². The van der Waals surface area contributed by atoms with Crippen LogP contribution in [0.5, 0.6) is 0 Å². The van der Waals surface area contributed by atoms with Gasteiger partial charge in [-0.05, 0) is 24.3 Å². The maximum atomic E-state index is 13.1. The van der Waals surface area contributed by atoms with Gasteiger partial charge in [0.05, 0.1) is 11.4 Å². The maximum Gasteiger partial charge on any atom is 0.433 e. The Morgan fingerprint density at radius 3 is 2.31 bits per heavy atom. The molecule has 0 atom stereocenters. The van der Waals surface area contributed by atoms with E-state index in [0.717, 1.165) is 10.6 Å². The lowest BCUT2D eigenvalue weighted by Gasteiger charge is -2.20. The molecule has 26 heavy (non-hydrogen) atoms. The largest absolute Gasteiger partial charge is 0.433 e. The van der Waals surface area contributed by atoms with Crippen LogP contribution in [0.15, 0.2) is 47.3 Å². The average molecular weight is 358 g/mol. The number of benzene rings is 1. The summed E-state index contributed by atoms with van der Waals surface area (Å²) in [5.74, 6) is 0. The molecule has 1 aromatic carbocycles. The number of halogens is 3. The lowest BCUT2D eigenvalue weighted by molar-refractivity contribution is -0.141. The summed E-state index contributed by atoms with van der Waals surface area (Å²) in [6, 6.07) is 12.1. The first-order chi connectivity index (χ1) is 12.3. The third kappa shape index (κ3) is 2.77. The molecule has 0 N–H and O–H groups in total. The minimum Gasteiger partial charge on any atom is -0.376 e. The molecule has 0 amide bonds. The molecule has 0 aliphatic rings. The molecule has 2 heterocycles. The molecule has 8 heteroatoms. The van der Waals surface area contributed by atoms with Crippen molar-refractivity contribution in [1.29, 1.82) is 5.26 Å². The highest BCUT2D eigenvalue weighted by atomic mass is 19.4. The first-order valence-electron chi connectivity index (χ1n) is 7.55. The van der Waals surface area contributed by atoms with E-state index >= 15 is 0 Å². The summed E-state index contributed by atoms with van der Waals surface area (Å²) >= 11 is 0. The number of rotatable bonds is 2. The second-order valence-corrected chi connectivity index (χ2v) is 5.77. The highest BCUT2D eigenvalue weighted by Gasteiger charge is 2.33. The van der Waals surface area contributed by atoms with Gasteiger partial charge in [0, 0.05) is 19.5 Å². The highest BCUT2D eigenvalue weighted by Crippen LogP contribution is 2.33. The molecule has 3 aromatic rings. The number of fused-ring (bicyclic) bond motifs is 1. The van der Waals surface area contributed by atoms with E-state index in [1.807, 2.05) is 6.07 Å². The van der Waals surface area contributed by atoms with Gasteiger partial charge in [0.15, 0.2) is 0 Å². The Kier molecular flexibility index (Phi) is 4.16. The van der Waals surface area contributed by atoms with Crippen molar-refractivity contribution in [1.82, 2.24) is 9.55 Å². The molecule has 0 aliphatic carbocycles. The van der Waals surface area contributed by atoms with Crippen molar-refractivity contribution in [2.45, 2.75) is 6.18 Å². The van der Waals surface area contributed by atoms with Gasteiger partial charge < -0.3 is 4.90 Å². The van der Waals surface area contributed by atoms with Crippen LogP contribution in [0, 0.1) is 11.3 Å². The Morgan fingerprint density at radius 1 is 1.12 bits per heavy atom. The third-order valence-electron chi connectivity index (χ3n) is 3.86. The minimum atomic E-state index is -4.65. The van der Waals surface area contributed by atoms with Crippen LogP contribution in [0.3, 0.4) is 0 Å². The number of hydrogen-bond acceptors (Lipinski definition) is 4. The summed E-state index contributed by atoms with van der Waals surface area (Å²) in [7, 11) is 3.22. The van der Waals surface area contributed by atoms with E-state index in [1.165, 1.54) is 11.0 Å². The molecule has 0 fully saturated rings. The van der Waals surface area contributed by atoms with Crippen LogP contribution in [-0.4, -0.2) is 23.6 Å². The van der Waals surface area contributed by atoms with Gasteiger partial charge in [0.2, 0.25) is 0 Å². The van der Waals surface area contributed by atoms with Gasteiger partial charge in [-0.15, -0.1) is 0 Å². The molecule has 0 saturated carbocycles. The maximum absolute atomic E-state index is 13.1. The minimum absolute atomic E-state index is 0.154. The molecule has 2 aromatic heterocycles. The molecular weight excluding hydrogens is 345 g/mol. The summed E-state index contributed by atoms with van der Waals surface area (Å²) in [4.78, 5) is 18.1. The molecule has 0 bridgehead atoms. The van der Waals surface area contributed by atoms with Crippen LogP contribution >= 0.6 is 0 Å². The Bertz CT molecular complexity index is 1080. The fraction of sp³-hybridized carbons (Fsp3) is 0.167. The lowest BCUT2D eigenvalue weighted by Crippen LogP contribution is -2.27. The fourth-order valence-corrected chi connectivity index (χ4v) is 2.79. The number of nitrogens with zero attached hydrogens (tertiary/aromatic N) is 4. The smallest absolute Gasteiger partial charge is 0.376 e. The second-order valence-electron chi connectivity index (χ2n) is 5.77. The average Bonchev–Trinajstić information content (AvgIpc) is 2.59. The Labute approximate surface area is 146 Å². The summed E-state index contributed by atoms with van der Waals surface area (Å²) in [5.41, 5.74) is -1.58. The molecule has 5 nitrogen and oxygen atoms in total. The molecule has 0 spiro atoms. The van der Waals surface area contributed by atoms with Gasteiger partial charge in [-0.3, -0.25) is 9.36 Å². The van der Waals surface area contributed by atoms with E-state index in [-0.39, 0.29) is 22.3 Å². The van der Waals surface area contributed by atoms with E-state index in [2.05, 4.69) is 4.98 Å². The van der Waals surface area contributed by atoms with Gasteiger partial charge in [0.1, 0.15) is 23.0 Å². The summed E-state index contributed by atoms with van der Waals surface area (Å²) in [6.45, 7) is 0. The number of aromatic nitrogens is 2. The van der Waals surface area contributed by atoms with Crippen LogP contribution in [0.1, 0.15) is 11.3 Å². The SMILES string of the molecule is CN(C)c1c(C#N)c(=O)n(-c2ccccc2)c2nc(C(F)(F)F)ccc12. The topological polar surface area (TPSA) is 61.9 Å². The number of alkyl halides is 3. The third-order valence-corrected chi connectivity index (χ3v) is 3.86. The van der Waals surface area contributed by atoms with Gasteiger partial charge in [-0.25, -0.2) is 4.98 Å². The van der Waals surface area contributed by atoms with Crippen molar-refractivity contribution in [2.75, 3.05) is 19.0 Å². The lowest BCUT2D eigenvalue weighted by atomic mass is 10.1. The van der Waals surface area contributed by atoms with E-state index in [0.29, 0.717) is 5.69 Å². The number of pyridine rings is 2. The van der Waals surface area contributed by atoms with Crippen molar-refractivity contribution in [3.8, 4) is 11.8 Å². The Morgan fingerprint density at radius 2 is 1.77 bits per heavy atom. The van der Waals surface area contributed by atoms with Crippen molar-refractivity contribution < 1.29 is 13.2 Å². The molecule has 0 aliphatic heterocycles. The van der Waals surface area contributed by atoms with Crippen LogP contribution in [0.25, 0.3) is 16.7 Å². The summed E-state index contributed by atoms with van der Waals surface area (Å²) in [6.07, 6.45) is -4.65. The van der Waals surface area contributed by atoms with Gasteiger partial charge in [0.25, 0.3) is 5.56 Å². The molecule has 132 valence electrons. The van der Waals surface area contributed by atoms with Crippen LogP contribution < -0.4 is 10.5 Å². The van der Waals surface area contributed by atoms with Gasteiger partial charge in [-0.2, -0.15) is 18.4 Å². The molecule has 0 saturated heterocycles. The van der Waals surface area contributed by atoms with Gasteiger partial charge in [-0.1, -0.05) is 18.2 Å². The molecular formula is C18H13F3N4O. The summed E-state index contributed by atoms with van der Waals surface area (Å²) < 4.78 is 40.5. The number of nitriles is 1. The second kappa shape index (κ2) is 6.19. The van der Waals surface area contributed by atoms with Crippen molar-refractivity contribution in [3.63, 3.8) is 0 Å². The normalized spacial score (nSPS) is 11.4. The number of anilines is 1. The Balaban J connectivity index is 2.56. The zero-order valence-corrected chi connectivity index (χ0v) is 13.9. The first kappa shape index (κ1) is 17.5. The monoisotopic (exact) mass is 358 g/mol. The van der Waals surface area contributed by atoms with Crippen molar-refractivity contribution in [3.05, 3.63) is 64.1 Å². The zero-order valence-electron chi connectivity index (χ0n) is 13.9. The van der Waals surface area contributed by atoms with Crippen molar-refractivity contribution in [2.24, 2.45) is 0 Å². The van der Waals surface area contributed by atoms with Crippen molar-refractivity contribution >= 4 is 16.7 Å². The highest BCUT2D eigenvalue weighted by molar-refractivity contribution is 5.93. The molecule has 0 radical (unpaired) electrons. The Hall–Kier alpha value is -3.34.